The second-order valence-corrected chi connectivity index (χ2v) is 6.72. The van der Waals surface area contributed by atoms with Crippen LogP contribution in [0.5, 0.6) is 0 Å². The molecule has 0 aliphatic carbocycles. The molecule has 2 heterocycles. The molecule has 21 heavy (non-hydrogen) atoms. The SMILES string of the molecule is Cc1cc(Cl)cc(C(=O)N2CCCCC2C2CCCN2)c1. The lowest BCUT2D eigenvalue weighted by atomic mass is 9.93. The lowest BCUT2D eigenvalue weighted by Crippen LogP contribution is -2.52. The predicted molar refractivity (Wildman–Crippen MR) is 85.9 cm³/mol. The molecule has 1 amide bonds. The van der Waals surface area contributed by atoms with Gasteiger partial charge in [0, 0.05) is 29.2 Å². The Balaban J connectivity index is 1.83. The molecule has 2 saturated heterocycles. The summed E-state index contributed by atoms with van der Waals surface area (Å²) in [7, 11) is 0. The Labute approximate surface area is 131 Å². The first-order chi connectivity index (χ1) is 10.1. The third kappa shape index (κ3) is 3.24. The summed E-state index contributed by atoms with van der Waals surface area (Å²) < 4.78 is 0. The summed E-state index contributed by atoms with van der Waals surface area (Å²) in [5, 5.41) is 4.21. The van der Waals surface area contributed by atoms with E-state index in [1.165, 1.54) is 19.3 Å². The van der Waals surface area contributed by atoms with Gasteiger partial charge in [0.15, 0.2) is 0 Å². The molecule has 1 N–H and O–H groups in total. The quantitative estimate of drug-likeness (QED) is 0.908. The fourth-order valence-electron chi connectivity index (χ4n) is 3.69. The van der Waals surface area contributed by atoms with E-state index in [4.69, 9.17) is 11.6 Å². The maximum absolute atomic E-state index is 12.9. The van der Waals surface area contributed by atoms with Gasteiger partial charge in [0.1, 0.15) is 0 Å². The number of rotatable bonds is 2. The van der Waals surface area contributed by atoms with Crippen LogP contribution in [0.1, 0.15) is 48.0 Å². The Bertz CT molecular complexity index is 505. The minimum atomic E-state index is 0.138. The second kappa shape index (κ2) is 6.37. The van der Waals surface area contributed by atoms with E-state index in [1.54, 1.807) is 6.07 Å². The summed E-state index contributed by atoms with van der Waals surface area (Å²) in [6.45, 7) is 3.93. The summed E-state index contributed by atoms with van der Waals surface area (Å²) in [5.41, 5.74) is 1.77. The van der Waals surface area contributed by atoms with Crippen LogP contribution in [-0.2, 0) is 0 Å². The van der Waals surface area contributed by atoms with E-state index in [2.05, 4.69) is 10.2 Å². The van der Waals surface area contributed by atoms with Gasteiger partial charge in [-0.2, -0.15) is 0 Å². The number of halogens is 1. The third-order valence-electron chi connectivity index (χ3n) is 4.66. The largest absolute Gasteiger partial charge is 0.334 e. The first-order valence-corrected chi connectivity index (χ1v) is 8.34. The molecule has 0 radical (unpaired) electrons. The highest BCUT2D eigenvalue weighted by molar-refractivity contribution is 6.31. The summed E-state index contributed by atoms with van der Waals surface area (Å²) in [6, 6.07) is 6.44. The van der Waals surface area contributed by atoms with Crippen LogP contribution in [0.25, 0.3) is 0 Å². The highest BCUT2D eigenvalue weighted by Gasteiger charge is 2.34. The fraction of sp³-hybridized carbons (Fsp3) is 0.588. The maximum atomic E-state index is 12.9. The van der Waals surface area contributed by atoms with E-state index in [9.17, 15) is 4.79 Å². The molecule has 2 unspecified atom stereocenters. The number of hydrogen-bond acceptors (Lipinski definition) is 2. The number of amides is 1. The number of carbonyl (C=O) groups is 1. The van der Waals surface area contributed by atoms with E-state index in [0.29, 0.717) is 17.1 Å². The molecule has 0 bridgehead atoms. The molecule has 1 aromatic rings. The van der Waals surface area contributed by atoms with Crippen molar-refractivity contribution in [2.75, 3.05) is 13.1 Å². The molecule has 2 aliphatic rings. The number of likely N-dealkylation sites (tertiary alicyclic amines) is 1. The molecule has 2 aliphatic heterocycles. The van der Waals surface area contributed by atoms with Crippen molar-refractivity contribution in [2.45, 2.75) is 51.1 Å². The molecule has 4 heteroatoms. The summed E-state index contributed by atoms with van der Waals surface area (Å²) >= 11 is 6.11. The molecule has 1 aromatic carbocycles. The zero-order chi connectivity index (χ0) is 14.8. The van der Waals surface area contributed by atoms with E-state index in [0.717, 1.165) is 37.1 Å². The van der Waals surface area contributed by atoms with Crippen LogP contribution in [0, 0.1) is 6.92 Å². The molecule has 3 rings (SSSR count). The highest BCUT2D eigenvalue weighted by atomic mass is 35.5. The van der Waals surface area contributed by atoms with Crippen LogP contribution >= 0.6 is 11.6 Å². The van der Waals surface area contributed by atoms with Crippen LogP contribution in [0.2, 0.25) is 5.02 Å². The number of nitrogens with zero attached hydrogens (tertiary/aromatic N) is 1. The fourth-order valence-corrected chi connectivity index (χ4v) is 3.98. The minimum absolute atomic E-state index is 0.138. The van der Waals surface area contributed by atoms with Gasteiger partial charge in [0.25, 0.3) is 5.91 Å². The Morgan fingerprint density at radius 1 is 1.24 bits per heavy atom. The monoisotopic (exact) mass is 306 g/mol. The van der Waals surface area contributed by atoms with Crippen molar-refractivity contribution in [3.05, 3.63) is 34.3 Å². The van der Waals surface area contributed by atoms with Gasteiger partial charge in [0.2, 0.25) is 0 Å². The molecule has 0 aromatic heterocycles. The Morgan fingerprint density at radius 2 is 2.10 bits per heavy atom. The van der Waals surface area contributed by atoms with Gasteiger partial charge in [0.05, 0.1) is 0 Å². The Kier molecular flexibility index (Phi) is 4.51. The van der Waals surface area contributed by atoms with Crippen LogP contribution in [0.4, 0.5) is 0 Å². The highest BCUT2D eigenvalue weighted by Crippen LogP contribution is 2.26. The topological polar surface area (TPSA) is 32.3 Å². The normalized spacial score (nSPS) is 26.1. The van der Waals surface area contributed by atoms with Crippen molar-refractivity contribution in [2.24, 2.45) is 0 Å². The van der Waals surface area contributed by atoms with E-state index in [-0.39, 0.29) is 5.91 Å². The number of nitrogens with one attached hydrogen (secondary N) is 1. The molecule has 2 atom stereocenters. The van der Waals surface area contributed by atoms with Crippen LogP contribution in [0.15, 0.2) is 18.2 Å². The number of hydrogen-bond donors (Lipinski definition) is 1. The molecular weight excluding hydrogens is 284 g/mol. The molecular formula is C17H23ClN2O. The third-order valence-corrected chi connectivity index (χ3v) is 4.88. The summed E-state index contributed by atoms with van der Waals surface area (Å²) in [4.78, 5) is 15.0. The molecule has 114 valence electrons. The minimum Gasteiger partial charge on any atom is -0.334 e. The van der Waals surface area contributed by atoms with Gasteiger partial charge in [-0.25, -0.2) is 0 Å². The first kappa shape index (κ1) is 14.9. The van der Waals surface area contributed by atoms with Crippen LogP contribution in [0.3, 0.4) is 0 Å². The van der Waals surface area contributed by atoms with Crippen LogP contribution in [-0.4, -0.2) is 36.0 Å². The van der Waals surface area contributed by atoms with Gasteiger partial charge >= 0.3 is 0 Å². The molecule has 2 fully saturated rings. The number of aryl methyl sites for hydroxylation is 1. The van der Waals surface area contributed by atoms with Gasteiger partial charge in [-0.1, -0.05) is 11.6 Å². The van der Waals surface area contributed by atoms with Gasteiger partial charge in [-0.15, -0.1) is 0 Å². The lowest BCUT2D eigenvalue weighted by Gasteiger charge is -2.39. The maximum Gasteiger partial charge on any atom is 0.254 e. The smallest absolute Gasteiger partial charge is 0.254 e. The van der Waals surface area contributed by atoms with Gasteiger partial charge in [-0.3, -0.25) is 4.79 Å². The average molecular weight is 307 g/mol. The van der Waals surface area contributed by atoms with Gasteiger partial charge < -0.3 is 10.2 Å². The van der Waals surface area contributed by atoms with Crippen molar-refractivity contribution in [3.8, 4) is 0 Å². The molecule has 0 saturated carbocycles. The van der Waals surface area contributed by atoms with Crippen molar-refractivity contribution >= 4 is 17.5 Å². The lowest BCUT2D eigenvalue weighted by molar-refractivity contribution is 0.0563. The van der Waals surface area contributed by atoms with E-state index in [1.807, 2.05) is 19.1 Å². The average Bonchev–Trinajstić information content (AvgIpc) is 2.99. The number of benzene rings is 1. The molecule has 3 nitrogen and oxygen atoms in total. The van der Waals surface area contributed by atoms with E-state index < -0.39 is 0 Å². The van der Waals surface area contributed by atoms with E-state index >= 15 is 0 Å². The first-order valence-electron chi connectivity index (χ1n) is 7.97. The van der Waals surface area contributed by atoms with Crippen molar-refractivity contribution in [1.82, 2.24) is 10.2 Å². The summed E-state index contributed by atoms with van der Waals surface area (Å²) in [6.07, 6.45) is 5.85. The predicted octanol–water partition coefficient (Wildman–Crippen LogP) is 3.40. The zero-order valence-electron chi connectivity index (χ0n) is 12.6. The number of carbonyl (C=O) groups excluding carboxylic acids is 1. The summed E-state index contributed by atoms with van der Waals surface area (Å²) in [5.74, 6) is 0.138. The number of piperidine rings is 1. The second-order valence-electron chi connectivity index (χ2n) is 6.28. The van der Waals surface area contributed by atoms with Crippen molar-refractivity contribution < 1.29 is 4.79 Å². The Morgan fingerprint density at radius 3 is 2.81 bits per heavy atom. The van der Waals surface area contributed by atoms with Crippen LogP contribution < -0.4 is 5.32 Å². The van der Waals surface area contributed by atoms with Crippen molar-refractivity contribution in [3.63, 3.8) is 0 Å². The van der Waals surface area contributed by atoms with Crippen molar-refractivity contribution in [1.29, 1.82) is 0 Å². The zero-order valence-corrected chi connectivity index (χ0v) is 13.3. The Hall–Kier alpha value is -1.06. The van der Waals surface area contributed by atoms with Gasteiger partial charge in [-0.05, 0) is 69.3 Å². The standard InChI is InChI=1S/C17H23ClN2O/c1-12-9-13(11-14(18)10-12)17(21)20-8-3-2-6-16(20)15-5-4-7-19-15/h9-11,15-16,19H,2-8H2,1H3. The molecule has 0 spiro atoms.